The molecular weight excluding hydrogens is 424 g/mol. The third kappa shape index (κ3) is 3.42. The highest BCUT2D eigenvalue weighted by atomic mass is 32.2. The van der Waals surface area contributed by atoms with Crippen molar-refractivity contribution in [1.82, 2.24) is 15.0 Å². The predicted octanol–water partition coefficient (Wildman–Crippen LogP) is 3.70. The van der Waals surface area contributed by atoms with Crippen LogP contribution in [0, 0.1) is 5.41 Å². The second-order valence-electron chi connectivity index (χ2n) is 9.68. The van der Waals surface area contributed by atoms with E-state index in [9.17, 15) is 4.79 Å². The number of ether oxygens (including phenoxy) is 1. The highest BCUT2D eigenvalue weighted by Crippen LogP contribution is 2.45. The molecule has 8 nitrogen and oxygen atoms in total. The van der Waals surface area contributed by atoms with Crippen LogP contribution in [-0.2, 0) is 9.53 Å². The van der Waals surface area contributed by atoms with Gasteiger partial charge in [-0.3, -0.25) is 4.79 Å². The summed E-state index contributed by atoms with van der Waals surface area (Å²) in [6, 6.07) is 1.91. The maximum absolute atomic E-state index is 12.6. The molecule has 5 heterocycles. The normalized spacial score (nSPS) is 25.2. The summed E-state index contributed by atoms with van der Waals surface area (Å²) < 4.78 is 5.84. The van der Waals surface area contributed by atoms with Crippen LogP contribution in [0.1, 0.15) is 45.4 Å². The van der Waals surface area contributed by atoms with E-state index >= 15 is 0 Å². The van der Waals surface area contributed by atoms with Gasteiger partial charge in [-0.05, 0) is 56.9 Å². The molecule has 0 unspecified atom stereocenters. The quantitative estimate of drug-likeness (QED) is 0.728. The molecule has 32 heavy (non-hydrogen) atoms. The molecule has 4 aliphatic rings. The van der Waals surface area contributed by atoms with Gasteiger partial charge in [0.15, 0.2) is 5.82 Å². The molecule has 3 fully saturated rings. The third-order valence-corrected chi connectivity index (χ3v) is 8.50. The van der Waals surface area contributed by atoms with Crippen LogP contribution >= 0.6 is 11.8 Å². The Labute approximate surface area is 191 Å². The predicted molar refractivity (Wildman–Crippen MR) is 123 cm³/mol. The fourth-order valence-electron chi connectivity index (χ4n) is 5.39. The van der Waals surface area contributed by atoms with Gasteiger partial charge in [0, 0.05) is 24.2 Å². The number of hydrogen-bond acceptors (Lipinski definition) is 8. The molecule has 3 aliphatic heterocycles. The van der Waals surface area contributed by atoms with Crippen molar-refractivity contribution in [2.45, 2.75) is 67.0 Å². The van der Waals surface area contributed by atoms with E-state index in [1.54, 1.807) is 6.20 Å². The van der Waals surface area contributed by atoms with Gasteiger partial charge in [0.1, 0.15) is 16.4 Å². The third-order valence-electron chi connectivity index (χ3n) is 7.52. The number of anilines is 3. The smallest absolute Gasteiger partial charge is 0.250 e. The van der Waals surface area contributed by atoms with Gasteiger partial charge < -0.3 is 20.3 Å². The fraction of sp³-hybridized carbons (Fsp3) is 0.565. The van der Waals surface area contributed by atoms with Gasteiger partial charge in [-0.15, -0.1) is 0 Å². The van der Waals surface area contributed by atoms with Gasteiger partial charge in [0.2, 0.25) is 5.91 Å². The summed E-state index contributed by atoms with van der Waals surface area (Å²) in [7, 11) is 0. The zero-order valence-electron chi connectivity index (χ0n) is 18.3. The Morgan fingerprint density at radius 1 is 1.16 bits per heavy atom. The molecule has 0 bridgehead atoms. The topological polar surface area (TPSA) is 92.3 Å². The minimum Gasteiger partial charge on any atom is -0.378 e. The molecule has 2 aromatic heterocycles. The Bertz CT molecular complexity index is 1030. The average Bonchev–Trinajstić information content (AvgIpc) is 3.14. The standard InChI is InChI=1S/C23H28N6O2S/c1-15-11-22(14-31-15)6-9-29(10-7-22)17-12-26-18(13-25-17)32-16-3-8-24-20-19(16)27-21(30)23(28-20)4-2-5-23/h3,8,12-13,15H,2,4-7,9-11,14H2,1H3,(H,24,28)(H,27,30)/t15-/m0/s1. The maximum Gasteiger partial charge on any atom is 0.250 e. The van der Waals surface area contributed by atoms with E-state index < -0.39 is 5.54 Å². The largest absolute Gasteiger partial charge is 0.378 e. The minimum atomic E-state index is -0.472. The lowest BCUT2D eigenvalue weighted by Gasteiger charge is -2.44. The number of nitrogens with zero attached hydrogens (tertiary/aromatic N) is 4. The lowest BCUT2D eigenvalue weighted by Crippen LogP contribution is -2.57. The van der Waals surface area contributed by atoms with Gasteiger partial charge in [-0.25, -0.2) is 15.0 Å². The van der Waals surface area contributed by atoms with Crippen molar-refractivity contribution in [3.05, 3.63) is 24.7 Å². The summed E-state index contributed by atoms with van der Waals surface area (Å²) in [5.74, 6) is 1.71. The van der Waals surface area contributed by atoms with Crippen LogP contribution in [0.4, 0.5) is 17.3 Å². The molecule has 1 saturated carbocycles. The van der Waals surface area contributed by atoms with Gasteiger partial charge >= 0.3 is 0 Å². The molecule has 0 radical (unpaired) electrons. The highest BCUT2D eigenvalue weighted by Gasteiger charge is 2.48. The molecule has 2 spiro atoms. The summed E-state index contributed by atoms with van der Waals surface area (Å²) in [6.45, 7) is 5.06. The minimum absolute atomic E-state index is 0.0393. The zero-order chi connectivity index (χ0) is 21.8. The summed E-state index contributed by atoms with van der Waals surface area (Å²) in [6.07, 6.45) is 12.1. The molecule has 2 aromatic rings. The van der Waals surface area contributed by atoms with Crippen molar-refractivity contribution >= 4 is 35.0 Å². The number of carbonyl (C=O) groups is 1. The van der Waals surface area contributed by atoms with E-state index in [0.717, 1.165) is 79.0 Å². The number of aromatic nitrogens is 3. The Morgan fingerprint density at radius 3 is 2.66 bits per heavy atom. The molecular formula is C23H28N6O2S. The van der Waals surface area contributed by atoms with Crippen molar-refractivity contribution in [2.24, 2.45) is 5.41 Å². The molecule has 6 rings (SSSR count). The van der Waals surface area contributed by atoms with Gasteiger partial charge in [0.25, 0.3) is 0 Å². The Balaban J connectivity index is 1.14. The number of hydrogen-bond donors (Lipinski definition) is 2. The highest BCUT2D eigenvalue weighted by molar-refractivity contribution is 7.99. The number of pyridine rings is 1. The second-order valence-corrected chi connectivity index (χ2v) is 10.7. The molecule has 1 aliphatic carbocycles. The SMILES string of the molecule is C[C@H]1CC2(CCN(c3cnc(Sc4ccnc5c4NC(=O)C4(CCC4)N5)cn3)CC2)CO1. The molecule has 9 heteroatoms. The number of nitrogens with one attached hydrogen (secondary N) is 2. The van der Waals surface area contributed by atoms with E-state index in [1.165, 1.54) is 18.2 Å². The van der Waals surface area contributed by atoms with Crippen molar-refractivity contribution in [3.8, 4) is 0 Å². The number of amides is 1. The zero-order valence-corrected chi connectivity index (χ0v) is 19.1. The lowest BCUT2D eigenvalue weighted by molar-refractivity contribution is -0.123. The monoisotopic (exact) mass is 452 g/mol. The van der Waals surface area contributed by atoms with Crippen LogP contribution in [0.25, 0.3) is 0 Å². The molecule has 0 aromatic carbocycles. The molecule has 1 atom stereocenters. The Hall–Kier alpha value is -2.39. The van der Waals surface area contributed by atoms with Crippen LogP contribution in [0.2, 0.25) is 0 Å². The first-order chi connectivity index (χ1) is 15.5. The van der Waals surface area contributed by atoms with E-state index in [-0.39, 0.29) is 5.91 Å². The van der Waals surface area contributed by atoms with Gasteiger partial charge in [0.05, 0.1) is 30.8 Å². The summed E-state index contributed by atoms with van der Waals surface area (Å²) in [4.78, 5) is 29.7. The van der Waals surface area contributed by atoms with Crippen LogP contribution in [0.3, 0.4) is 0 Å². The molecule has 168 valence electrons. The molecule has 1 amide bonds. The van der Waals surface area contributed by atoms with Gasteiger partial charge in [-0.1, -0.05) is 11.8 Å². The summed E-state index contributed by atoms with van der Waals surface area (Å²) >= 11 is 1.50. The first kappa shape index (κ1) is 20.2. The van der Waals surface area contributed by atoms with Crippen LogP contribution in [0.5, 0.6) is 0 Å². The summed E-state index contributed by atoms with van der Waals surface area (Å²) in [5, 5.41) is 7.25. The average molecular weight is 453 g/mol. The van der Waals surface area contributed by atoms with Crippen molar-refractivity contribution in [1.29, 1.82) is 0 Å². The van der Waals surface area contributed by atoms with Gasteiger partial charge in [-0.2, -0.15) is 0 Å². The van der Waals surface area contributed by atoms with Crippen LogP contribution < -0.4 is 15.5 Å². The lowest BCUT2D eigenvalue weighted by atomic mass is 9.75. The first-order valence-electron chi connectivity index (χ1n) is 11.5. The Morgan fingerprint density at radius 2 is 2.00 bits per heavy atom. The number of fused-ring (bicyclic) bond motifs is 1. The van der Waals surface area contributed by atoms with E-state index in [0.29, 0.717) is 11.5 Å². The van der Waals surface area contributed by atoms with E-state index in [1.807, 2.05) is 18.5 Å². The van der Waals surface area contributed by atoms with Crippen molar-refractivity contribution in [3.63, 3.8) is 0 Å². The van der Waals surface area contributed by atoms with Crippen molar-refractivity contribution in [2.75, 3.05) is 35.2 Å². The van der Waals surface area contributed by atoms with Crippen molar-refractivity contribution < 1.29 is 9.53 Å². The fourth-order valence-corrected chi connectivity index (χ4v) is 6.20. The first-order valence-corrected chi connectivity index (χ1v) is 12.3. The number of piperidine rings is 1. The molecule has 2 N–H and O–H groups in total. The molecule has 2 saturated heterocycles. The summed E-state index contributed by atoms with van der Waals surface area (Å²) in [5.41, 5.74) is 0.622. The maximum atomic E-state index is 12.6. The number of rotatable bonds is 3. The van der Waals surface area contributed by atoms with E-state index in [4.69, 9.17) is 9.72 Å². The van der Waals surface area contributed by atoms with Crippen LogP contribution in [0.15, 0.2) is 34.6 Å². The second kappa shape index (κ2) is 7.59. The van der Waals surface area contributed by atoms with E-state index in [2.05, 4.69) is 32.4 Å². The Kier molecular flexibility index (Phi) is 4.80. The van der Waals surface area contributed by atoms with Crippen LogP contribution in [-0.4, -0.2) is 52.2 Å². The number of carbonyl (C=O) groups excluding carboxylic acids is 1.